The minimum absolute atomic E-state index is 0.0283. The summed E-state index contributed by atoms with van der Waals surface area (Å²) in [5.41, 5.74) is 0.180. The Morgan fingerprint density at radius 2 is 1.57 bits per heavy atom. The minimum atomic E-state index is -0.481. The van der Waals surface area contributed by atoms with Gasteiger partial charge in [0.25, 0.3) is 5.91 Å². The van der Waals surface area contributed by atoms with Crippen molar-refractivity contribution in [1.82, 2.24) is 9.80 Å². The summed E-state index contributed by atoms with van der Waals surface area (Å²) in [5.74, 6) is 0.773. The molecule has 0 radical (unpaired) electrons. The maximum atomic E-state index is 12.5. The van der Waals surface area contributed by atoms with Crippen molar-refractivity contribution in [2.24, 2.45) is 0 Å². The summed E-state index contributed by atoms with van der Waals surface area (Å²) in [6.45, 7) is 9.29. The van der Waals surface area contributed by atoms with Gasteiger partial charge >= 0.3 is 6.09 Å². The molecule has 0 unspecified atom stereocenters. The SMILES string of the molecule is CC(C)(C)OC(=O)N1CCC(Oc2ccc(C(=O)N3CCOCC3)cc2)CC1. The second-order valence-electron chi connectivity index (χ2n) is 8.21. The molecule has 2 heterocycles. The number of hydrogen-bond acceptors (Lipinski definition) is 5. The van der Waals surface area contributed by atoms with Crippen molar-refractivity contribution in [3.63, 3.8) is 0 Å². The van der Waals surface area contributed by atoms with Crippen molar-refractivity contribution in [3.05, 3.63) is 29.8 Å². The van der Waals surface area contributed by atoms with Gasteiger partial charge in [0.2, 0.25) is 0 Å². The molecule has 2 fully saturated rings. The highest BCUT2D eigenvalue weighted by Gasteiger charge is 2.27. The van der Waals surface area contributed by atoms with E-state index in [0.717, 1.165) is 18.6 Å². The second kappa shape index (κ2) is 8.82. The van der Waals surface area contributed by atoms with Crippen LogP contribution in [0.3, 0.4) is 0 Å². The molecule has 2 aliphatic heterocycles. The van der Waals surface area contributed by atoms with Crippen LogP contribution in [0.25, 0.3) is 0 Å². The van der Waals surface area contributed by atoms with Gasteiger partial charge < -0.3 is 24.0 Å². The average molecular weight is 390 g/mol. The molecule has 28 heavy (non-hydrogen) atoms. The summed E-state index contributed by atoms with van der Waals surface area (Å²) in [6, 6.07) is 7.30. The zero-order valence-electron chi connectivity index (χ0n) is 17.0. The number of nitrogens with zero attached hydrogens (tertiary/aromatic N) is 2. The van der Waals surface area contributed by atoms with Crippen molar-refractivity contribution in [2.45, 2.75) is 45.3 Å². The van der Waals surface area contributed by atoms with Crippen LogP contribution in [0.4, 0.5) is 4.79 Å². The minimum Gasteiger partial charge on any atom is -0.490 e. The Bertz CT molecular complexity index is 669. The van der Waals surface area contributed by atoms with E-state index in [1.165, 1.54) is 0 Å². The standard InChI is InChI=1S/C21H30N2O5/c1-21(2,3)28-20(25)23-10-8-18(9-11-23)27-17-6-4-16(5-7-17)19(24)22-12-14-26-15-13-22/h4-7,18H,8-15H2,1-3H3. The maximum absolute atomic E-state index is 12.5. The molecule has 0 saturated carbocycles. The summed E-state index contributed by atoms with van der Waals surface area (Å²) >= 11 is 0. The number of morpholine rings is 1. The summed E-state index contributed by atoms with van der Waals surface area (Å²) in [7, 11) is 0. The smallest absolute Gasteiger partial charge is 0.410 e. The van der Waals surface area contributed by atoms with Crippen molar-refractivity contribution in [1.29, 1.82) is 0 Å². The number of likely N-dealkylation sites (tertiary alicyclic amines) is 1. The Hall–Kier alpha value is -2.28. The van der Waals surface area contributed by atoms with Crippen molar-refractivity contribution in [2.75, 3.05) is 39.4 Å². The Labute approximate surface area is 166 Å². The van der Waals surface area contributed by atoms with E-state index in [2.05, 4.69) is 0 Å². The maximum Gasteiger partial charge on any atom is 0.410 e. The first-order valence-corrected chi connectivity index (χ1v) is 9.93. The monoisotopic (exact) mass is 390 g/mol. The molecule has 7 nitrogen and oxygen atoms in total. The quantitative estimate of drug-likeness (QED) is 0.794. The molecule has 0 aliphatic carbocycles. The molecular weight excluding hydrogens is 360 g/mol. The lowest BCUT2D eigenvalue weighted by molar-refractivity contribution is 0.0126. The molecule has 0 N–H and O–H groups in total. The largest absolute Gasteiger partial charge is 0.490 e. The van der Waals surface area contributed by atoms with Crippen molar-refractivity contribution < 1.29 is 23.8 Å². The Morgan fingerprint density at radius 1 is 0.964 bits per heavy atom. The lowest BCUT2D eigenvalue weighted by atomic mass is 10.1. The normalized spacial score (nSPS) is 18.7. The highest BCUT2D eigenvalue weighted by Crippen LogP contribution is 2.21. The number of carbonyl (C=O) groups excluding carboxylic acids is 2. The average Bonchev–Trinajstić information content (AvgIpc) is 2.68. The zero-order chi connectivity index (χ0) is 20.1. The molecule has 0 atom stereocenters. The molecule has 1 aromatic carbocycles. The summed E-state index contributed by atoms with van der Waals surface area (Å²) < 4.78 is 16.7. The van der Waals surface area contributed by atoms with Gasteiger partial charge in [-0.3, -0.25) is 4.79 Å². The molecule has 2 aliphatic rings. The van der Waals surface area contributed by atoms with Crippen LogP contribution in [0.15, 0.2) is 24.3 Å². The summed E-state index contributed by atoms with van der Waals surface area (Å²) in [5, 5.41) is 0. The van der Waals surface area contributed by atoms with Crippen molar-refractivity contribution in [3.8, 4) is 5.75 Å². The van der Waals surface area contributed by atoms with Crippen LogP contribution in [-0.2, 0) is 9.47 Å². The number of hydrogen-bond donors (Lipinski definition) is 0. The Kier molecular flexibility index (Phi) is 6.44. The first-order chi connectivity index (χ1) is 13.3. The van der Waals surface area contributed by atoms with Gasteiger partial charge in [-0.25, -0.2) is 4.79 Å². The molecule has 3 rings (SSSR count). The van der Waals surface area contributed by atoms with E-state index in [0.29, 0.717) is 45.0 Å². The van der Waals surface area contributed by atoms with Gasteiger partial charge in [-0.05, 0) is 45.0 Å². The molecule has 1 aromatic rings. The third-order valence-electron chi connectivity index (χ3n) is 4.80. The predicted molar refractivity (Wildman–Crippen MR) is 105 cm³/mol. The first-order valence-electron chi connectivity index (χ1n) is 9.93. The van der Waals surface area contributed by atoms with Crippen LogP contribution in [0.1, 0.15) is 44.0 Å². The fourth-order valence-electron chi connectivity index (χ4n) is 3.30. The predicted octanol–water partition coefficient (Wildman–Crippen LogP) is 2.94. The van der Waals surface area contributed by atoms with Crippen LogP contribution >= 0.6 is 0 Å². The van der Waals surface area contributed by atoms with Gasteiger partial charge in [0.1, 0.15) is 17.5 Å². The van der Waals surface area contributed by atoms with E-state index in [4.69, 9.17) is 14.2 Å². The molecule has 2 saturated heterocycles. The second-order valence-corrected chi connectivity index (χ2v) is 8.21. The van der Waals surface area contributed by atoms with Crippen LogP contribution in [0, 0.1) is 0 Å². The number of rotatable bonds is 3. The topological polar surface area (TPSA) is 68.3 Å². The third kappa shape index (κ3) is 5.61. The number of benzene rings is 1. The van der Waals surface area contributed by atoms with E-state index in [9.17, 15) is 9.59 Å². The number of piperidine rings is 1. The number of ether oxygens (including phenoxy) is 3. The van der Waals surface area contributed by atoms with Crippen molar-refractivity contribution >= 4 is 12.0 Å². The third-order valence-corrected chi connectivity index (χ3v) is 4.80. The van der Waals surface area contributed by atoms with Crippen LogP contribution in [0.2, 0.25) is 0 Å². The fourth-order valence-corrected chi connectivity index (χ4v) is 3.30. The number of carbonyl (C=O) groups is 2. The van der Waals surface area contributed by atoms with Gasteiger partial charge in [-0.15, -0.1) is 0 Å². The van der Waals surface area contributed by atoms with E-state index in [1.807, 2.05) is 49.9 Å². The van der Waals surface area contributed by atoms with Crippen LogP contribution in [0.5, 0.6) is 5.75 Å². The number of amides is 2. The first kappa shape index (κ1) is 20.5. The summed E-state index contributed by atoms with van der Waals surface area (Å²) in [4.78, 5) is 28.2. The lowest BCUT2D eigenvalue weighted by Gasteiger charge is -2.33. The van der Waals surface area contributed by atoms with Gasteiger partial charge in [0.05, 0.1) is 13.2 Å². The molecule has 0 bridgehead atoms. The molecule has 7 heteroatoms. The van der Waals surface area contributed by atoms with E-state index < -0.39 is 5.60 Å². The highest BCUT2D eigenvalue weighted by molar-refractivity contribution is 5.94. The molecule has 0 aromatic heterocycles. The Balaban J connectivity index is 1.47. The van der Waals surface area contributed by atoms with E-state index in [-0.39, 0.29) is 18.1 Å². The summed E-state index contributed by atoms with van der Waals surface area (Å²) in [6.07, 6.45) is 1.30. The van der Waals surface area contributed by atoms with Crippen LogP contribution in [-0.4, -0.2) is 72.9 Å². The Morgan fingerprint density at radius 3 is 2.14 bits per heavy atom. The lowest BCUT2D eigenvalue weighted by Crippen LogP contribution is -2.44. The molecule has 2 amide bonds. The van der Waals surface area contributed by atoms with Gasteiger partial charge in [0, 0.05) is 44.6 Å². The van der Waals surface area contributed by atoms with E-state index in [1.54, 1.807) is 4.90 Å². The molecule has 154 valence electrons. The fraction of sp³-hybridized carbons (Fsp3) is 0.619. The highest BCUT2D eigenvalue weighted by atomic mass is 16.6. The van der Waals surface area contributed by atoms with Gasteiger partial charge in [0.15, 0.2) is 0 Å². The zero-order valence-corrected chi connectivity index (χ0v) is 17.0. The molecular formula is C21H30N2O5. The van der Waals surface area contributed by atoms with Gasteiger partial charge in [-0.2, -0.15) is 0 Å². The van der Waals surface area contributed by atoms with Gasteiger partial charge in [-0.1, -0.05) is 0 Å². The van der Waals surface area contributed by atoms with Crippen LogP contribution < -0.4 is 4.74 Å². The molecule has 0 spiro atoms. The van der Waals surface area contributed by atoms with E-state index >= 15 is 0 Å².